The van der Waals surface area contributed by atoms with Crippen LogP contribution in [0.3, 0.4) is 0 Å². The first-order chi connectivity index (χ1) is 18.3. The molecule has 2 aromatic carbocycles. The lowest BCUT2D eigenvalue weighted by molar-refractivity contribution is -0.124. The summed E-state index contributed by atoms with van der Waals surface area (Å²) in [5.74, 6) is 0.588. The van der Waals surface area contributed by atoms with Gasteiger partial charge in [-0.1, -0.05) is 49.0 Å². The molecule has 0 saturated heterocycles. The standard InChI is InChI=1S/C31H46N4O4/c1-23(19-35(8)20-26-16-13-17-27(18-26)37-9)32-29(36)28(22-38-21-25-14-11-10-12-15-25)33-24(2)31(6,7)34-39-30(3,4)5/h10-19,28,33-34H,2,20-22H2,1,3-9H3,(H,32,36)/b23-19+. The number of ether oxygens (including phenoxy) is 2. The van der Waals surface area contributed by atoms with Gasteiger partial charge in [0.05, 0.1) is 31.5 Å². The van der Waals surface area contributed by atoms with Crippen molar-refractivity contribution in [3.05, 3.63) is 89.9 Å². The summed E-state index contributed by atoms with van der Waals surface area (Å²) in [5.41, 5.74) is 5.48. The minimum absolute atomic E-state index is 0.156. The van der Waals surface area contributed by atoms with Crippen LogP contribution < -0.4 is 20.9 Å². The Morgan fingerprint density at radius 1 is 1.05 bits per heavy atom. The fourth-order valence-corrected chi connectivity index (χ4v) is 3.53. The maximum absolute atomic E-state index is 13.4. The Morgan fingerprint density at radius 2 is 1.72 bits per heavy atom. The number of hydrogen-bond acceptors (Lipinski definition) is 7. The number of rotatable bonds is 15. The third kappa shape index (κ3) is 11.9. The number of benzene rings is 2. The Labute approximate surface area is 234 Å². The van der Waals surface area contributed by atoms with Gasteiger partial charge < -0.3 is 25.0 Å². The molecule has 0 aromatic heterocycles. The third-order valence-corrected chi connectivity index (χ3v) is 5.73. The second kappa shape index (κ2) is 14.7. The van der Waals surface area contributed by atoms with Gasteiger partial charge in [-0.2, -0.15) is 5.48 Å². The summed E-state index contributed by atoms with van der Waals surface area (Å²) in [6.07, 6.45) is 1.90. The predicted octanol–water partition coefficient (Wildman–Crippen LogP) is 4.89. The predicted molar refractivity (Wildman–Crippen MR) is 157 cm³/mol. The summed E-state index contributed by atoms with van der Waals surface area (Å²) in [7, 11) is 3.61. The maximum Gasteiger partial charge on any atom is 0.249 e. The van der Waals surface area contributed by atoms with Crippen molar-refractivity contribution in [1.82, 2.24) is 21.0 Å². The smallest absolute Gasteiger partial charge is 0.249 e. The van der Waals surface area contributed by atoms with Gasteiger partial charge in [0.25, 0.3) is 0 Å². The highest BCUT2D eigenvalue weighted by molar-refractivity contribution is 5.83. The summed E-state index contributed by atoms with van der Waals surface area (Å²) in [6.45, 7) is 17.0. The van der Waals surface area contributed by atoms with Crippen molar-refractivity contribution in [3.63, 3.8) is 0 Å². The first-order valence-electron chi connectivity index (χ1n) is 13.1. The number of hydrogen-bond donors (Lipinski definition) is 3. The lowest BCUT2D eigenvalue weighted by atomic mass is 10.0. The Kier molecular flexibility index (Phi) is 12.0. The van der Waals surface area contributed by atoms with Crippen molar-refractivity contribution in [1.29, 1.82) is 0 Å². The molecule has 0 aliphatic rings. The molecule has 214 valence electrons. The number of amides is 1. The van der Waals surface area contributed by atoms with Gasteiger partial charge in [0, 0.05) is 31.2 Å². The quantitative estimate of drug-likeness (QED) is 0.279. The van der Waals surface area contributed by atoms with Gasteiger partial charge >= 0.3 is 0 Å². The highest BCUT2D eigenvalue weighted by Crippen LogP contribution is 2.16. The number of methoxy groups -OCH3 is 1. The molecule has 0 saturated carbocycles. The van der Waals surface area contributed by atoms with Gasteiger partial charge in [-0.3, -0.25) is 9.63 Å². The summed E-state index contributed by atoms with van der Waals surface area (Å²) in [6, 6.07) is 17.1. The lowest BCUT2D eigenvalue weighted by Gasteiger charge is -2.34. The number of nitrogens with one attached hydrogen (secondary N) is 3. The zero-order valence-corrected chi connectivity index (χ0v) is 24.8. The van der Waals surface area contributed by atoms with E-state index < -0.39 is 11.6 Å². The molecule has 1 atom stereocenters. The van der Waals surface area contributed by atoms with Crippen LogP contribution in [-0.4, -0.2) is 48.8 Å². The van der Waals surface area contributed by atoms with E-state index in [0.717, 1.165) is 16.9 Å². The van der Waals surface area contributed by atoms with E-state index in [4.69, 9.17) is 14.3 Å². The topological polar surface area (TPSA) is 84.1 Å². The van der Waals surface area contributed by atoms with Crippen LogP contribution in [0.1, 0.15) is 52.7 Å². The van der Waals surface area contributed by atoms with Gasteiger partial charge in [0.15, 0.2) is 0 Å². The monoisotopic (exact) mass is 538 g/mol. The molecule has 8 nitrogen and oxygen atoms in total. The first-order valence-corrected chi connectivity index (χ1v) is 13.1. The largest absolute Gasteiger partial charge is 0.497 e. The maximum atomic E-state index is 13.4. The number of carbonyl (C=O) groups excluding carboxylic acids is 1. The Hall–Kier alpha value is -3.33. The molecule has 0 aliphatic carbocycles. The summed E-state index contributed by atoms with van der Waals surface area (Å²) >= 11 is 0. The number of allylic oxidation sites excluding steroid dienone is 1. The van der Waals surface area contributed by atoms with E-state index in [0.29, 0.717) is 24.5 Å². The third-order valence-electron chi connectivity index (χ3n) is 5.73. The fraction of sp³-hybridized carbons (Fsp3) is 0.452. The molecule has 3 N–H and O–H groups in total. The fourth-order valence-electron chi connectivity index (χ4n) is 3.53. The summed E-state index contributed by atoms with van der Waals surface area (Å²) in [4.78, 5) is 21.1. The van der Waals surface area contributed by atoms with Crippen LogP contribution in [0.15, 0.2) is 78.8 Å². The van der Waals surface area contributed by atoms with Crippen LogP contribution >= 0.6 is 0 Å². The van der Waals surface area contributed by atoms with E-state index in [-0.39, 0.29) is 18.1 Å². The average molecular weight is 539 g/mol. The minimum atomic E-state index is -0.677. The van der Waals surface area contributed by atoms with Crippen LogP contribution in [0.5, 0.6) is 5.75 Å². The summed E-state index contributed by atoms with van der Waals surface area (Å²) < 4.78 is 11.3. The van der Waals surface area contributed by atoms with Gasteiger partial charge in [0.1, 0.15) is 11.8 Å². The number of nitrogens with zero attached hydrogens (tertiary/aromatic N) is 1. The van der Waals surface area contributed by atoms with Gasteiger partial charge in [-0.05, 0) is 64.8 Å². The molecule has 1 amide bonds. The van der Waals surface area contributed by atoms with Crippen molar-refractivity contribution in [2.45, 2.75) is 71.9 Å². The molecule has 2 aromatic rings. The van der Waals surface area contributed by atoms with Crippen LogP contribution in [-0.2, 0) is 27.5 Å². The Bertz CT molecular complexity index is 1090. The van der Waals surface area contributed by atoms with Crippen LogP contribution in [0.4, 0.5) is 0 Å². The normalized spacial score (nSPS) is 13.0. The van der Waals surface area contributed by atoms with E-state index in [1.807, 2.05) is 114 Å². The second-order valence-corrected chi connectivity index (χ2v) is 11.2. The van der Waals surface area contributed by atoms with E-state index in [1.165, 1.54) is 0 Å². The van der Waals surface area contributed by atoms with Gasteiger partial charge in [-0.25, -0.2) is 0 Å². The molecule has 8 heteroatoms. The van der Waals surface area contributed by atoms with Crippen molar-refractivity contribution in [2.24, 2.45) is 0 Å². The molecule has 0 radical (unpaired) electrons. The van der Waals surface area contributed by atoms with Crippen molar-refractivity contribution in [2.75, 3.05) is 20.8 Å². The van der Waals surface area contributed by atoms with Crippen LogP contribution in [0, 0.1) is 0 Å². The highest BCUT2D eigenvalue weighted by Gasteiger charge is 2.29. The number of hydroxylamine groups is 1. The van der Waals surface area contributed by atoms with Crippen molar-refractivity contribution in [3.8, 4) is 5.75 Å². The molecule has 0 aliphatic heterocycles. The number of carbonyl (C=O) groups is 1. The minimum Gasteiger partial charge on any atom is -0.497 e. The highest BCUT2D eigenvalue weighted by atomic mass is 16.7. The molecule has 39 heavy (non-hydrogen) atoms. The summed E-state index contributed by atoms with van der Waals surface area (Å²) in [5, 5.41) is 6.26. The van der Waals surface area contributed by atoms with E-state index >= 15 is 0 Å². The van der Waals surface area contributed by atoms with Crippen molar-refractivity contribution < 1.29 is 19.1 Å². The zero-order valence-electron chi connectivity index (χ0n) is 24.8. The molecule has 2 rings (SSSR count). The molecular formula is C31H46N4O4. The molecule has 0 fully saturated rings. The molecular weight excluding hydrogens is 492 g/mol. The molecule has 0 bridgehead atoms. The van der Waals surface area contributed by atoms with E-state index in [9.17, 15) is 4.79 Å². The zero-order chi connectivity index (χ0) is 29.1. The second-order valence-electron chi connectivity index (χ2n) is 11.2. The van der Waals surface area contributed by atoms with Gasteiger partial charge in [0.2, 0.25) is 5.91 Å². The van der Waals surface area contributed by atoms with Crippen LogP contribution in [0.2, 0.25) is 0 Å². The lowest BCUT2D eigenvalue weighted by Crippen LogP contribution is -2.53. The first kappa shape index (κ1) is 31.9. The molecule has 0 spiro atoms. The van der Waals surface area contributed by atoms with Gasteiger partial charge in [-0.15, -0.1) is 0 Å². The molecule has 0 heterocycles. The molecule has 1 unspecified atom stereocenters. The SMILES string of the molecule is C=C(NC(COCc1ccccc1)C(=O)N/C(C)=C/N(C)Cc1cccc(OC)c1)C(C)(C)NOC(C)(C)C. The van der Waals surface area contributed by atoms with Crippen molar-refractivity contribution >= 4 is 5.91 Å². The van der Waals surface area contributed by atoms with E-state index in [2.05, 4.69) is 22.7 Å². The van der Waals surface area contributed by atoms with E-state index in [1.54, 1.807) is 7.11 Å². The Morgan fingerprint density at radius 3 is 2.36 bits per heavy atom. The Balaban J connectivity index is 2.07. The van der Waals surface area contributed by atoms with Crippen LogP contribution in [0.25, 0.3) is 0 Å². The average Bonchev–Trinajstić information content (AvgIpc) is 2.87.